The maximum absolute atomic E-state index is 13.1. The summed E-state index contributed by atoms with van der Waals surface area (Å²) in [4.78, 5) is 41.5. The largest absolute Gasteiger partial charge is 0.486 e. The van der Waals surface area contributed by atoms with Crippen LogP contribution in [-0.4, -0.2) is 85.7 Å². The van der Waals surface area contributed by atoms with Crippen molar-refractivity contribution in [3.05, 3.63) is 30.4 Å². The highest BCUT2D eigenvalue weighted by atomic mass is 32.2. The van der Waals surface area contributed by atoms with Gasteiger partial charge in [-0.15, -0.1) is 0 Å². The molecule has 1 aromatic carbocycles. The molecule has 3 atom stereocenters. The zero-order valence-electron chi connectivity index (χ0n) is 18.9. The van der Waals surface area contributed by atoms with Crippen molar-refractivity contribution in [1.29, 1.82) is 0 Å². The topological polar surface area (TPSA) is 114 Å². The smallest absolute Gasteiger partial charge is 0.245 e. The predicted octanol–water partition coefficient (Wildman–Crippen LogP) is 0.630. The maximum Gasteiger partial charge on any atom is 0.245 e. The predicted molar refractivity (Wildman–Crippen MR) is 119 cm³/mol. The van der Waals surface area contributed by atoms with Crippen molar-refractivity contribution in [1.82, 2.24) is 14.1 Å². The Bertz CT molecular complexity index is 1130. The van der Waals surface area contributed by atoms with Crippen LogP contribution in [-0.2, 0) is 24.4 Å². The minimum absolute atomic E-state index is 0.106. The van der Waals surface area contributed by atoms with Crippen LogP contribution in [0.1, 0.15) is 19.8 Å². The summed E-state index contributed by atoms with van der Waals surface area (Å²) in [5.41, 5.74) is 0. The normalized spacial score (nSPS) is 25.9. The number of ether oxygens (including phenoxy) is 2. The summed E-state index contributed by atoms with van der Waals surface area (Å²) >= 11 is 0. The van der Waals surface area contributed by atoms with Gasteiger partial charge in [-0.3, -0.25) is 19.3 Å². The minimum atomic E-state index is -3.78. The molecule has 3 heterocycles. The van der Waals surface area contributed by atoms with Crippen molar-refractivity contribution in [2.24, 2.45) is 11.8 Å². The van der Waals surface area contributed by atoms with E-state index in [0.29, 0.717) is 37.6 Å². The molecule has 0 radical (unpaired) electrons. The third kappa shape index (κ3) is 3.76. The van der Waals surface area contributed by atoms with Gasteiger partial charge in [-0.25, -0.2) is 8.42 Å². The number of sulfonamides is 1. The van der Waals surface area contributed by atoms with Gasteiger partial charge in [0, 0.05) is 32.2 Å². The second-order valence-corrected chi connectivity index (χ2v) is 10.9. The Labute approximate surface area is 198 Å². The molecule has 4 aliphatic rings. The van der Waals surface area contributed by atoms with E-state index in [1.54, 1.807) is 13.0 Å². The molecule has 0 unspecified atom stereocenters. The van der Waals surface area contributed by atoms with Gasteiger partial charge in [0.1, 0.15) is 19.3 Å². The first-order valence-electron chi connectivity index (χ1n) is 11.5. The van der Waals surface area contributed by atoms with Crippen LogP contribution in [0.3, 0.4) is 0 Å². The van der Waals surface area contributed by atoms with Crippen molar-refractivity contribution in [3.63, 3.8) is 0 Å². The number of hydrogen-bond acceptors (Lipinski definition) is 7. The van der Waals surface area contributed by atoms with Crippen molar-refractivity contribution in [3.8, 4) is 11.5 Å². The highest BCUT2D eigenvalue weighted by Gasteiger charge is 2.50. The van der Waals surface area contributed by atoms with Gasteiger partial charge in [-0.05, 0) is 31.9 Å². The molecule has 1 aliphatic carbocycles. The molecule has 0 bridgehead atoms. The Morgan fingerprint density at radius 3 is 2.15 bits per heavy atom. The lowest BCUT2D eigenvalue weighted by Gasteiger charge is -2.36. The third-order valence-electron chi connectivity index (χ3n) is 6.99. The first-order valence-corrected chi connectivity index (χ1v) is 12.9. The summed E-state index contributed by atoms with van der Waals surface area (Å²) in [5.74, 6) is -0.798. The van der Waals surface area contributed by atoms with E-state index in [-0.39, 0.29) is 60.6 Å². The van der Waals surface area contributed by atoms with E-state index >= 15 is 0 Å². The van der Waals surface area contributed by atoms with Gasteiger partial charge < -0.3 is 14.4 Å². The lowest BCUT2D eigenvalue weighted by molar-refractivity contribution is -0.151. The van der Waals surface area contributed by atoms with Crippen LogP contribution in [0.5, 0.6) is 11.5 Å². The fourth-order valence-corrected chi connectivity index (χ4v) is 6.50. The van der Waals surface area contributed by atoms with E-state index in [1.807, 2.05) is 12.2 Å². The molecule has 1 aromatic rings. The molecular weight excluding hydrogens is 462 g/mol. The number of carbonyl (C=O) groups excluding carboxylic acids is 3. The third-order valence-corrected chi connectivity index (χ3v) is 8.88. The molecule has 11 heteroatoms. The Balaban J connectivity index is 1.24. The molecule has 0 aromatic heterocycles. The van der Waals surface area contributed by atoms with Crippen molar-refractivity contribution in [2.75, 3.05) is 39.4 Å². The summed E-state index contributed by atoms with van der Waals surface area (Å²) < 4.78 is 38.6. The molecule has 3 aliphatic heterocycles. The number of likely N-dealkylation sites (tertiary alicyclic amines) is 1. The van der Waals surface area contributed by atoms with Crippen LogP contribution in [0.2, 0.25) is 0 Å². The zero-order chi connectivity index (χ0) is 24.0. The van der Waals surface area contributed by atoms with Gasteiger partial charge in [0.25, 0.3) is 0 Å². The van der Waals surface area contributed by atoms with Crippen molar-refractivity contribution >= 4 is 27.7 Å². The number of hydrogen-bond donors (Lipinski definition) is 0. The number of amides is 3. The first-order chi connectivity index (χ1) is 16.3. The Morgan fingerprint density at radius 1 is 0.941 bits per heavy atom. The monoisotopic (exact) mass is 489 g/mol. The molecule has 10 nitrogen and oxygen atoms in total. The number of imide groups is 1. The van der Waals surface area contributed by atoms with E-state index in [9.17, 15) is 22.8 Å². The highest BCUT2D eigenvalue weighted by molar-refractivity contribution is 7.89. The molecule has 182 valence electrons. The highest BCUT2D eigenvalue weighted by Crippen LogP contribution is 2.36. The zero-order valence-corrected chi connectivity index (χ0v) is 19.7. The lowest BCUT2D eigenvalue weighted by Crippen LogP contribution is -2.56. The van der Waals surface area contributed by atoms with Crippen LogP contribution in [0, 0.1) is 11.8 Å². The maximum atomic E-state index is 13.1. The second kappa shape index (κ2) is 8.70. The summed E-state index contributed by atoms with van der Waals surface area (Å²) in [6.45, 7) is 2.94. The molecule has 34 heavy (non-hydrogen) atoms. The summed E-state index contributed by atoms with van der Waals surface area (Å²) in [6, 6.07) is 3.62. The molecule has 5 rings (SSSR count). The number of nitrogens with zero attached hydrogens (tertiary/aromatic N) is 3. The quantitative estimate of drug-likeness (QED) is 0.450. The van der Waals surface area contributed by atoms with Gasteiger partial charge in [0.15, 0.2) is 11.5 Å². The fraction of sp³-hybridized carbons (Fsp3) is 0.522. The summed E-state index contributed by atoms with van der Waals surface area (Å²) in [5, 5.41) is 0. The molecule has 0 N–H and O–H groups in total. The van der Waals surface area contributed by atoms with Gasteiger partial charge >= 0.3 is 0 Å². The van der Waals surface area contributed by atoms with Crippen LogP contribution in [0.25, 0.3) is 0 Å². The average molecular weight is 490 g/mol. The minimum Gasteiger partial charge on any atom is -0.486 e. The fourth-order valence-electron chi connectivity index (χ4n) is 5.06. The van der Waals surface area contributed by atoms with E-state index < -0.39 is 16.1 Å². The standard InChI is InChI=1S/C23H27N3O7S/c1-15(26-22(28)17-4-2-3-5-18(17)23(26)29)21(27)24-8-10-25(11-9-24)34(30,31)16-6-7-19-20(14-16)33-13-12-32-19/h2-3,6-7,14-15,17-18H,4-5,8-13H2,1H3/t15-,17+,18+/m0/s1. The van der Waals surface area contributed by atoms with E-state index in [2.05, 4.69) is 0 Å². The van der Waals surface area contributed by atoms with Crippen LogP contribution in [0.15, 0.2) is 35.2 Å². The van der Waals surface area contributed by atoms with Crippen LogP contribution in [0.4, 0.5) is 0 Å². The van der Waals surface area contributed by atoms with Crippen LogP contribution < -0.4 is 9.47 Å². The van der Waals surface area contributed by atoms with Gasteiger partial charge in [0.2, 0.25) is 27.7 Å². The van der Waals surface area contributed by atoms with Gasteiger partial charge in [-0.2, -0.15) is 4.31 Å². The molecular formula is C23H27N3O7S. The number of carbonyl (C=O) groups is 3. The average Bonchev–Trinajstić information content (AvgIpc) is 3.12. The van der Waals surface area contributed by atoms with E-state index in [4.69, 9.17) is 9.47 Å². The summed E-state index contributed by atoms with van der Waals surface area (Å²) in [7, 11) is -3.78. The SMILES string of the molecule is C[C@@H](C(=O)N1CCN(S(=O)(=O)c2ccc3c(c2)OCCO3)CC1)N1C(=O)[C@@H]2CC=CC[C@H]2C1=O. The number of rotatable bonds is 4. The lowest BCUT2D eigenvalue weighted by atomic mass is 9.85. The Kier molecular flexibility index (Phi) is 5.85. The number of benzene rings is 1. The second-order valence-electron chi connectivity index (χ2n) is 8.91. The Hall–Kier alpha value is -2.92. The Morgan fingerprint density at radius 2 is 1.53 bits per heavy atom. The van der Waals surface area contributed by atoms with Crippen molar-refractivity contribution in [2.45, 2.75) is 30.7 Å². The van der Waals surface area contributed by atoms with E-state index in [0.717, 1.165) is 4.90 Å². The first kappa shape index (κ1) is 22.9. The van der Waals surface area contributed by atoms with E-state index in [1.165, 1.54) is 21.3 Å². The van der Waals surface area contributed by atoms with Gasteiger partial charge in [0.05, 0.1) is 16.7 Å². The molecule has 0 saturated carbocycles. The molecule has 0 spiro atoms. The molecule has 2 fully saturated rings. The van der Waals surface area contributed by atoms with Crippen molar-refractivity contribution < 1.29 is 32.3 Å². The van der Waals surface area contributed by atoms with Crippen LogP contribution >= 0.6 is 0 Å². The number of piperazine rings is 1. The molecule has 2 saturated heterocycles. The van der Waals surface area contributed by atoms with Gasteiger partial charge in [-0.1, -0.05) is 12.2 Å². The summed E-state index contributed by atoms with van der Waals surface area (Å²) in [6.07, 6.45) is 4.85. The molecule has 3 amide bonds. The number of fused-ring (bicyclic) bond motifs is 2. The number of allylic oxidation sites excluding steroid dienone is 2.